The first-order chi connectivity index (χ1) is 9.20. The Labute approximate surface area is 114 Å². The fourth-order valence-electron chi connectivity index (χ4n) is 1.94. The highest BCUT2D eigenvalue weighted by atomic mass is 16.5. The zero-order valence-electron chi connectivity index (χ0n) is 11.7. The molecule has 2 aromatic rings. The average Bonchev–Trinajstić information content (AvgIpc) is 2.45. The Morgan fingerprint density at radius 1 is 1.11 bits per heavy atom. The second-order valence-electron chi connectivity index (χ2n) is 4.75. The molecule has 0 aliphatic heterocycles. The van der Waals surface area contributed by atoms with Gasteiger partial charge >= 0.3 is 0 Å². The summed E-state index contributed by atoms with van der Waals surface area (Å²) in [6, 6.07) is 14.0. The van der Waals surface area contributed by atoms with Crippen molar-refractivity contribution in [1.29, 1.82) is 0 Å². The molecule has 2 rings (SSSR count). The molecule has 0 spiro atoms. The van der Waals surface area contributed by atoms with Gasteiger partial charge in [0.2, 0.25) is 0 Å². The number of anilines is 1. The van der Waals surface area contributed by atoms with Gasteiger partial charge < -0.3 is 10.1 Å². The van der Waals surface area contributed by atoms with Crippen molar-refractivity contribution in [1.82, 2.24) is 4.98 Å². The van der Waals surface area contributed by atoms with Gasteiger partial charge in [0.25, 0.3) is 0 Å². The van der Waals surface area contributed by atoms with Crippen molar-refractivity contribution in [3.05, 3.63) is 53.7 Å². The van der Waals surface area contributed by atoms with Crippen LogP contribution in [0.4, 0.5) is 5.82 Å². The van der Waals surface area contributed by atoms with Crippen LogP contribution in [0, 0.1) is 0 Å². The Morgan fingerprint density at radius 3 is 2.63 bits per heavy atom. The summed E-state index contributed by atoms with van der Waals surface area (Å²) in [5.74, 6) is 2.25. The third-order valence-corrected chi connectivity index (χ3v) is 2.98. The van der Waals surface area contributed by atoms with Gasteiger partial charge in [-0.25, -0.2) is 4.98 Å². The lowest BCUT2D eigenvalue weighted by molar-refractivity contribution is 0.297. The highest BCUT2D eigenvalue weighted by Gasteiger charge is 2.07. The Balaban J connectivity index is 2.10. The number of ether oxygens (including phenoxy) is 1. The Bertz CT molecular complexity index is 538. The predicted molar refractivity (Wildman–Crippen MR) is 78.6 cm³/mol. The van der Waals surface area contributed by atoms with E-state index in [9.17, 15) is 0 Å². The van der Waals surface area contributed by atoms with Crippen LogP contribution in [0.25, 0.3) is 0 Å². The van der Waals surface area contributed by atoms with Gasteiger partial charge in [0.15, 0.2) is 0 Å². The molecule has 0 unspecified atom stereocenters. The minimum Gasteiger partial charge on any atom is -0.487 e. The maximum atomic E-state index is 5.89. The fraction of sp³-hybridized carbons (Fsp3) is 0.312. The Kier molecular flexibility index (Phi) is 4.39. The monoisotopic (exact) mass is 256 g/mol. The molecule has 0 aliphatic rings. The van der Waals surface area contributed by atoms with Crippen LogP contribution in [0.1, 0.15) is 31.0 Å². The summed E-state index contributed by atoms with van der Waals surface area (Å²) in [6.45, 7) is 4.82. The summed E-state index contributed by atoms with van der Waals surface area (Å²) in [5.41, 5.74) is 2.15. The molecule has 0 saturated heterocycles. The SMILES string of the molecule is CNc1cccc(COc2ccccc2C(C)C)n1. The number of hydrogen-bond donors (Lipinski definition) is 1. The van der Waals surface area contributed by atoms with Gasteiger partial charge in [-0.3, -0.25) is 0 Å². The zero-order valence-corrected chi connectivity index (χ0v) is 11.7. The van der Waals surface area contributed by atoms with Crippen molar-refractivity contribution < 1.29 is 4.74 Å². The molecule has 3 heteroatoms. The minimum absolute atomic E-state index is 0.452. The third kappa shape index (κ3) is 3.47. The van der Waals surface area contributed by atoms with Gasteiger partial charge in [-0.15, -0.1) is 0 Å². The summed E-state index contributed by atoms with van der Waals surface area (Å²) < 4.78 is 5.89. The number of aromatic nitrogens is 1. The molecular formula is C16H20N2O. The largest absolute Gasteiger partial charge is 0.487 e. The minimum atomic E-state index is 0.452. The van der Waals surface area contributed by atoms with E-state index in [1.807, 2.05) is 43.4 Å². The fourth-order valence-corrected chi connectivity index (χ4v) is 1.94. The van der Waals surface area contributed by atoms with Crippen molar-refractivity contribution in [2.75, 3.05) is 12.4 Å². The molecule has 0 aliphatic carbocycles. The number of pyridine rings is 1. The number of hydrogen-bond acceptors (Lipinski definition) is 3. The van der Waals surface area contributed by atoms with E-state index in [1.54, 1.807) is 0 Å². The number of nitrogens with zero attached hydrogens (tertiary/aromatic N) is 1. The molecule has 100 valence electrons. The third-order valence-electron chi connectivity index (χ3n) is 2.98. The van der Waals surface area contributed by atoms with E-state index < -0.39 is 0 Å². The summed E-state index contributed by atoms with van der Waals surface area (Å²) in [7, 11) is 1.86. The molecule has 0 atom stereocenters. The molecule has 1 aromatic carbocycles. The zero-order chi connectivity index (χ0) is 13.7. The lowest BCUT2D eigenvalue weighted by Gasteiger charge is -2.13. The molecule has 0 radical (unpaired) electrons. The first-order valence-corrected chi connectivity index (χ1v) is 6.56. The lowest BCUT2D eigenvalue weighted by Crippen LogP contribution is -2.03. The van der Waals surface area contributed by atoms with Gasteiger partial charge in [-0.2, -0.15) is 0 Å². The molecule has 0 fully saturated rings. The van der Waals surface area contributed by atoms with E-state index in [0.29, 0.717) is 12.5 Å². The van der Waals surface area contributed by atoms with E-state index in [4.69, 9.17) is 4.74 Å². The van der Waals surface area contributed by atoms with Crippen molar-refractivity contribution in [3.63, 3.8) is 0 Å². The first kappa shape index (κ1) is 13.4. The molecule has 19 heavy (non-hydrogen) atoms. The van der Waals surface area contributed by atoms with Crippen LogP contribution in [0.3, 0.4) is 0 Å². The van der Waals surface area contributed by atoms with Crippen molar-refractivity contribution in [2.45, 2.75) is 26.4 Å². The van der Waals surface area contributed by atoms with Crippen LogP contribution >= 0.6 is 0 Å². The molecule has 0 bridgehead atoms. The van der Waals surface area contributed by atoms with E-state index in [2.05, 4.69) is 30.2 Å². The summed E-state index contributed by atoms with van der Waals surface area (Å²) >= 11 is 0. The second-order valence-corrected chi connectivity index (χ2v) is 4.75. The smallest absolute Gasteiger partial charge is 0.130 e. The molecule has 0 saturated carbocycles. The maximum absolute atomic E-state index is 5.89. The van der Waals surface area contributed by atoms with E-state index in [1.165, 1.54) is 5.56 Å². The van der Waals surface area contributed by atoms with Gasteiger partial charge in [-0.1, -0.05) is 38.1 Å². The van der Waals surface area contributed by atoms with Crippen LogP contribution in [0.5, 0.6) is 5.75 Å². The van der Waals surface area contributed by atoms with Crippen molar-refractivity contribution >= 4 is 5.82 Å². The summed E-state index contributed by atoms with van der Waals surface area (Å²) in [5, 5.41) is 3.03. The molecule has 1 N–H and O–H groups in total. The first-order valence-electron chi connectivity index (χ1n) is 6.56. The van der Waals surface area contributed by atoms with E-state index >= 15 is 0 Å². The van der Waals surface area contributed by atoms with Gasteiger partial charge in [-0.05, 0) is 29.7 Å². The maximum Gasteiger partial charge on any atom is 0.130 e. The van der Waals surface area contributed by atoms with Crippen molar-refractivity contribution in [2.24, 2.45) is 0 Å². The number of benzene rings is 1. The van der Waals surface area contributed by atoms with Crippen LogP contribution in [-0.4, -0.2) is 12.0 Å². The topological polar surface area (TPSA) is 34.1 Å². The van der Waals surface area contributed by atoms with E-state index in [0.717, 1.165) is 17.3 Å². The Morgan fingerprint density at radius 2 is 1.89 bits per heavy atom. The molecule has 1 aromatic heterocycles. The van der Waals surface area contributed by atoms with Gasteiger partial charge in [0, 0.05) is 7.05 Å². The van der Waals surface area contributed by atoms with Crippen LogP contribution in [-0.2, 0) is 6.61 Å². The summed E-state index contributed by atoms with van der Waals surface area (Å²) in [4.78, 5) is 4.44. The predicted octanol–water partition coefficient (Wildman–Crippen LogP) is 3.83. The molecule has 1 heterocycles. The second kappa shape index (κ2) is 6.23. The Hall–Kier alpha value is -2.03. The van der Waals surface area contributed by atoms with Gasteiger partial charge in [0.05, 0.1) is 5.69 Å². The van der Waals surface area contributed by atoms with E-state index in [-0.39, 0.29) is 0 Å². The quantitative estimate of drug-likeness (QED) is 0.883. The summed E-state index contributed by atoms with van der Waals surface area (Å²) in [6.07, 6.45) is 0. The van der Waals surface area contributed by atoms with Crippen LogP contribution < -0.4 is 10.1 Å². The molecular weight excluding hydrogens is 236 g/mol. The highest BCUT2D eigenvalue weighted by molar-refractivity contribution is 5.36. The standard InChI is InChI=1S/C16H20N2O/c1-12(2)14-8-4-5-9-15(14)19-11-13-7-6-10-16(17-3)18-13/h4-10,12H,11H2,1-3H3,(H,17,18). The van der Waals surface area contributed by atoms with Crippen LogP contribution in [0.15, 0.2) is 42.5 Å². The molecule has 3 nitrogen and oxygen atoms in total. The molecule has 0 amide bonds. The normalized spacial score (nSPS) is 10.5. The average molecular weight is 256 g/mol. The van der Waals surface area contributed by atoms with Crippen LogP contribution in [0.2, 0.25) is 0 Å². The van der Waals surface area contributed by atoms with Crippen molar-refractivity contribution in [3.8, 4) is 5.75 Å². The highest BCUT2D eigenvalue weighted by Crippen LogP contribution is 2.26. The number of nitrogens with one attached hydrogen (secondary N) is 1. The number of rotatable bonds is 5. The number of para-hydroxylation sites is 1. The lowest BCUT2D eigenvalue weighted by atomic mass is 10.0. The van der Waals surface area contributed by atoms with Gasteiger partial charge in [0.1, 0.15) is 18.2 Å².